The Morgan fingerprint density at radius 1 is 1.50 bits per heavy atom. The number of aromatic nitrogens is 2. The molecule has 2 atom stereocenters. The van der Waals surface area contributed by atoms with Gasteiger partial charge < -0.3 is 4.98 Å². The van der Waals surface area contributed by atoms with Crippen LogP contribution >= 0.6 is 18.5 Å². The highest BCUT2D eigenvalue weighted by Crippen LogP contribution is 1.81. The van der Waals surface area contributed by atoms with E-state index in [4.69, 9.17) is 7.85 Å². The summed E-state index contributed by atoms with van der Waals surface area (Å²) in [5.41, 5.74) is 2.24. The molecule has 0 bridgehead atoms. The minimum absolute atomic E-state index is 0.458. The molecule has 5 heteroatoms. The molecule has 0 aromatic carbocycles. The lowest BCUT2D eigenvalue weighted by Crippen LogP contribution is -2.08. The van der Waals surface area contributed by atoms with Crippen molar-refractivity contribution in [2.45, 2.75) is 0 Å². The number of nitrogens with one attached hydrogen (secondary N) is 1. The number of aromatic amines is 1. The van der Waals surface area contributed by atoms with E-state index in [-0.39, 0.29) is 0 Å². The van der Waals surface area contributed by atoms with Gasteiger partial charge in [0.05, 0.1) is 10.9 Å². The topological polar surface area (TPSA) is 28.7 Å². The standard InChI is InChI=1S/C3H5BN2P2/c4-3-5-1(7)2(8)6-3/h7-8H2,(H,5,6). The molecule has 8 heavy (non-hydrogen) atoms. The first kappa shape index (κ1) is 6.26. The third-order valence-electron chi connectivity index (χ3n) is 0.780. The van der Waals surface area contributed by atoms with Crippen LogP contribution in [0, 0.1) is 0 Å². The number of hydrogen-bond donors (Lipinski definition) is 1. The van der Waals surface area contributed by atoms with E-state index in [1.54, 1.807) is 0 Å². The highest BCUT2D eigenvalue weighted by atomic mass is 31.0. The number of H-pyrrole nitrogens is 1. The molecule has 0 saturated carbocycles. The van der Waals surface area contributed by atoms with Gasteiger partial charge in [-0.3, -0.25) is 0 Å². The van der Waals surface area contributed by atoms with E-state index in [1.165, 1.54) is 0 Å². The van der Waals surface area contributed by atoms with Crippen molar-refractivity contribution in [3.63, 3.8) is 0 Å². The van der Waals surface area contributed by atoms with Crippen LogP contribution in [-0.2, 0) is 0 Å². The first-order chi connectivity index (χ1) is 3.70. The van der Waals surface area contributed by atoms with Gasteiger partial charge in [0.15, 0.2) is 7.85 Å². The fourth-order valence-electron chi connectivity index (χ4n) is 0.420. The summed E-state index contributed by atoms with van der Waals surface area (Å²) >= 11 is 0. The molecule has 0 aliphatic heterocycles. The molecule has 0 saturated heterocycles. The molecule has 1 aromatic rings. The molecule has 0 aliphatic rings. The van der Waals surface area contributed by atoms with E-state index in [0.29, 0.717) is 5.72 Å². The first-order valence-corrected chi connectivity index (χ1v) is 3.22. The van der Waals surface area contributed by atoms with Gasteiger partial charge in [0.25, 0.3) is 0 Å². The average Bonchev–Trinajstić information content (AvgIpc) is 1.85. The zero-order valence-electron chi connectivity index (χ0n) is 4.18. The van der Waals surface area contributed by atoms with Gasteiger partial charge in [-0.2, -0.15) is 0 Å². The molecule has 40 valence electrons. The van der Waals surface area contributed by atoms with E-state index >= 15 is 0 Å². The van der Waals surface area contributed by atoms with Crippen LogP contribution in [0.3, 0.4) is 0 Å². The van der Waals surface area contributed by atoms with E-state index in [0.717, 1.165) is 10.9 Å². The lowest BCUT2D eigenvalue weighted by atomic mass is 10.1. The predicted octanol–water partition coefficient (Wildman–Crippen LogP) is -1.80. The lowest BCUT2D eigenvalue weighted by molar-refractivity contribution is 1.44. The van der Waals surface area contributed by atoms with Gasteiger partial charge in [0, 0.05) is 5.72 Å². The average molecular weight is 142 g/mol. The molecule has 1 N–H and O–H groups in total. The van der Waals surface area contributed by atoms with Crippen molar-refractivity contribution in [2.75, 3.05) is 0 Å². The minimum Gasteiger partial charge on any atom is -0.352 e. The van der Waals surface area contributed by atoms with Crippen molar-refractivity contribution < 1.29 is 0 Å². The summed E-state index contributed by atoms with van der Waals surface area (Å²) < 4.78 is 0. The van der Waals surface area contributed by atoms with Crippen LogP contribution in [0.25, 0.3) is 0 Å². The monoisotopic (exact) mass is 142 g/mol. The van der Waals surface area contributed by atoms with Crippen molar-refractivity contribution in [3.8, 4) is 0 Å². The van der Waals surface area contributed by atoms with Crippen molar-refractivity contribution in [1.29, 1.82) is 0 Å². The zero-order chi connectivity index (χ0) is 6.15. The second-order valence-corrected chi connectivity index (χ2v) is 2.55. The molecule has 0 spiro atoms. The number of nitrogens with zero attached hydrogens (tertiary/aromatic N) is 1. The van der Waals surface area contributed by atoms with Crippen LogP contribution in [0.5, 0.6) is 0 Å². The molecule has 1 heterocycles. The van der Waals surface area contributed by atoms with E-state index in [2.05, 4.69) is 28.4 Å². The maximum Gasteiger partial charge on any atom is 0.167 e. The fraction of sp³-hybridized carbons (Fsp3) is 0. The summed E-state index contributed by atoms with van der Waals surface area (Å²) in [7, 11) is 10.2. The molecule has 2 nitrogen and oxygen atoms in total. The second-order valence-electron chi connectivity index (χ2n) is 1.42. The summed E-state index contributed by atoms with van der Waals surface area (Å²) in [5, 5.41) is 0. The Bertz CT molecular complexity index is 178. The molecule has 1 aromatic heterocycles. The molecule has 2 radical (unpaired) electrons. The number of imidazole rings is 1. The Morgan fingerprint density at radius 2 is 2.12 bits per heavy atom. The maximum atomic E-state index is 5.29. The summed E-state index contributed by atoms with van der Waals surface area (Å²) in [5.74, 6) is 0. The van der Waals surface area contributed by atoms with Crippen LogP contribution in [0.2, 0.25) is 0 Å². The van der Waals surface area contributed by atoms with Crippen molar-refractivity contribution in [3.05, 3.63) is 0 Å². The highest BCUT2D eigenvalue weighted by molar-refractivity contribution is 7.35. The van der Waals surface area contributed by atoms with Gasteiger partial charge in [-0.15, -0.1) is 0 Å². The maximum absolute atomic E-state index is 5.29. The normalized spacial score (nSPS) is 9.75. The van der Waals surface area contributed by atoms with Gasteiger partial charge in [-0.25, -0.2) is 4.98 Å². The van der Waals surface area contributed by atoms with Crippen LogP contribution in [-0.4, -0.2) is 17.8 Å². The summed E-state index contributed by atoms with van der Waals surface area (Å²) in [6.07, 6.45) is 0. The quantitative estimate of drug-likeness (QED) is 0.336. The van der Waals surface area contributed by atoms with Crippen molar-refractivity contribution in [1.82, 2.24) is 9.97 Å². The molecule has 1 rings (SSSR count). The Labute approximate surface area is 53.7 Å². The molecular weight excluding hydrogens is 137 g/mol. The Hall–Kier alpha value is 0.135. The Balaban J connectivity index is 3.14. The third kappa shape index (κ3) is 1.10. The van der Waals surface area contributed by atoms with Gasteiger partial charge >= 0.3 is 0 Å². The summed E-state index contributed by atoms with van der Waals surface area (Å²) in [6.45, 7) is 0. The first-order valence-electron chi connectivity index (χ1n) is 2.06. The molecule has 0 amide bonds. The van der Waals surface area contributed by atoms with Gasteiger partial charge in [0.2, 0.25) is 0 Å². The SMILES string of the molecule is [B]c1nc(P)c(P)[nH]1. The van der Waals surface area contributed by atoms with Gasteiger partial charge in [0.1, 0.15) is 0 Å². The smallest absolute Gasteiger partial charge is 0.167 e. The van der Waals surface area contributed by atoms with Crippen LogP contribution in [0.1, 0.15) is 0 Å². The third-order valence-corrected chi connectivity index (χ3v) is 1.99. The number of hydrogen-bond acceptors (Lipinski definition) is 1. The highest BCUT2D eigenvalue weighted by Gasteiger charge is 1.94. The second kappa shape index (κ2) is 2.17. The van der Waals surface area contributed by atoms with Gasteiger partial charge in [-0.1, -0.05) is 18.5 Å². The minimum atomic E-state index is 0.458. The van der Waals surface area contributed by atoms with Gasteiger partial charge in [-0.05, 0) is 0 Å². The molecular formula is C3H5BN2P2. The van der Waals surface area contributed by atoms with E-state index in [9.17, 15) is 0 Å². The van der Waals surface area contributed by atoms with Crippen molar-refractivity contribution >= 4 is 42.9 Å². The molecule has 2 unspecified atom stereocenters. The van der Waals surface area contributed by atoms with Crippen molar-refractivity contribution in [2.24, 2.45) is 0 Å². The number of rotatable bonds is 0. The predicted molar refractivity (Wildman–Crippen MR) is 42.7 cm³/mol. The van der Waals surface area contributed by atoms with Crippen LogP contribution in [0.15, 0.2) is 0 Å². The Kier molecular flexibility index (Phi) is 1.69. The van der Waals surface area contributed by atoms with E-state index < -0.39 is 0 Å². The Morgan fingerprint density at radius 3 is 2.25 bits per heavy atom. The van der Waals surface area contributed by atoms with E-state index in [1.807, 2.05) is 0 Å². The molecule has 0 aliphatic carbocycles. The lowest BCUT2D eigenvalue weighted by Gasteiger charge is -1.79. The zero-order valence-corrected chi connectivity index (χ0v) is 6.49. The fourth-order valence-corrected chi connectivity index (χ4v) is 0.844. The molecule has 0 fully saturated rings. The largest absolute Gasteiger partial charge is 0.352 e. The summed E-state index contributed by atoms with van der Waals surface area (Å²) in [4.78, 5) is 6.69. The van der Waals surface area contributed by atoms with Crippen LogP contribution < -0.4 is 16.6 Å². The van der Waals surface area contributed by atoms with Crippen LogP contribution in [0.4, 0.5) is 0 Å². The summed E-state index contributed by atoms with van der Waals surface area (Å²) in [6, 6.07) is 0.